The molecule has 2 aromatic rings. The van der Waals surface area contributed by atoms with Crippen molar-refractivity contribution in [1.82, 2.24) is 15.5 Å². The third-order valence-corrected chi connectivity index (χ3v) is 3.99. The zero-order chi connectivity index (χ0) is 14.4. The van der Waals surface area contributed by atoms with E-state index in [9.17, 15) is 9.59 Å². The largest absolute Gasteiger partial charge is 0.351 e. The highest BCUT2D eigenvalue weighted by Gasteiger charge is 2.09. The van der Waals surface area contributed by atoms with Crippen LogP contribution in [0.3, 0.4) is 0 Å². The van der Waals surface area contributed by atoms with Crippen LogP contribution in [0.1, 0.15) is 0 Å². The van der Waals surface area contributed by atoms with Gasteiger partial charge in [0.05, 0.1) is 5.75 Å². The minimum absolute atomic E-state index is 0.0584. The lowest BCUT2D eigenvalue weighted by molar-refractivity contribution is -0.117. The summed E-state index contributed by atoms with van der Waals surface area (Å²) in [5.74, 6) is -0.404. The highest BCUT2D eigenvalue weighted by Crippen LogP contribution is 2.27. The SMILES string of the molecule is NC(=O)NC(=O)CSc1nnc(Nc2ccccc2)s1. The Hall–Kier alpha value is -2.13. The average molecular weight is 309 g/mol. The molecule has 0 saturated heterocycles. The Balaban J connectivity index is 1.86. The topological polar surface area (TPSA) is 110 Å². The molecule has 3 amide bonds. The van der Waals surface area contributed by atoms with Crippen LogP contribution in [0.4, 0.5) is 15.6 Å². The molecule has 0 saturated carbocycles. The van der Waals surface area contributed by atoms with Gasteiger partial charge in [0.25, 0.3) is 0 Å². The van der Waals surface area contributed by atoms with Gasteiger partial charge in [0.2, 0.25) is 11.0 Å². The molecule has 0 aliphatic heterocycles. The van der Waals surface area contributed by atoms with Crippen LogP contribution < -0.4 is 16.4 Å². The second kappa shape index (κ2) is 6.87. The van der Waals surface area contributed by atoms with Gasteiger partial charge in [0.1, 0.15) is 0 Å². The summed E-state index contributed by atoms with van der Waals surface area (Å²) < 4.78 is 0.628. The van der Waals surface area contributed by atoms with Gasteiger partial charge in [-0.25, -0.2) is 4.79 Å². The number of nitrogens with two attached hydrogens (primary N) is 1. The van der Waals surface area contributed by atoms with E-state index < -0.39 is 11.9 Å². The third kappa shape index (κ3) is 4.52. The van der Waals surface area contributed by atoms with Crippen LogP contribution in [0.2, 0.25) is 0 Å². The number of urea groups is 1. The van der Waals surface area contributed by atoms with Gasteiger partial charge < -0.3 is 11.1 Å². The normalized spacial score (nSPS) is 10.0. The van der Waals surface area contributed by atoms with Gasteiger partial charge in [-0.1, -0.05) is 41.3 Å². The van der Waals surface area contributed by atoms with Crippen molar-refractivity contribution in [3.05, 3.63) is 30.3 Å². The maximum absolute atomic E-state index is 11.2. The van der Waals surface area contributed by atoms with Crippen molar-refractivity contribution in [3.8, 4) is 0 Å². The Bertz CT molecular complexity index is 602. The summed E-state index contributed by atoms with van der Waals surface area (Å²) in [5, 5.41) is 13.6. The molecule has 0 atom stereocenters. The summed E-state index contributed by atoms with van der Waals surface area (Å²) in [6.45, 7) is 0. The van der Waals surface area contributed by atoms with E-state index in [1.807, 2.05) is 35.6 Å². The van der Waals surface area contributed by atoms with E-state index in [0.29, 0.717) is 9.47 Å². The molecule has 0 aliphatic carbocycles. The van der Waals surface area contributed by atoms with E-state index in [0.717, 1.165) is 5.69 Å². The van der Waals surface area contributed by atoms with E-state index in [-0.39, 0.29) is 5.75 Å². The number of aromatic nitrogens is 2. The Labute approximate surface area is 123 Å². The summed E-state index contributed by atoms with van der Waals surface area (Å²) >= 11 is 2.51. The highest BCUT2D eigenvalue weighted by atomic mass is 32.2. The Kier molecular flexibility index (Phi) is 4.91. The van der Waals surface area contributed by atoms with Crippen LogP contribution in [0.25, 0.3) is 0 Å². The highest BCUT2D eigenvalue weighted by molar-refractivity contribution is 8.01. The molecule has 2 rings (SSSR count). The molecular formula is C11H11N5O2S2. The van der Waals surface area contributed by atoms with E-state index in [1.165, 1.54) is 23.1 Å². The number of imide groups is 1. The fraction of sp³-hybridized carbons (Fsp3) is 0.0909. The Morgan fingerprint density at radius 2 is 2.00 bits per heavy atom. The number of nitrogens with one attached hydrogen (secondary N) is 2. The molecular weight excluding hydrogens is 298 g/mol. The van der Waals surface area contributed by atoms with Crippen LogP contribution in [-0.2, 0) is 4.79 Å². The first-order valence-electron chi connectivity index (χ1n) is 5.51. The first-order chi connectivity index (χ1) is 9.63. The van der Waals surface area contributed by atoms with E-state index in [2.05, 4.69) is 15.5 Å². The number of thioether (sulfide) groups is 1. The molecule has 7 nitrogen and oxygen atoms in total. The molecule has 0 radical (unpaired) electrons. The molecule has 1 aromatic carbocycles. The third-order valence-electron chi connectivity index (χ3n) is 2.02. The summed E-state index contributed by atoms with van der Waals surface area (Å²) in [6.07, 6.45) is 0. The van der Waals surface area contributed by atoms with Gasteiger partial charge >= 0.3 is 6.03 Å². The van der Waals surface area contributed by atoms with Gasteiger partial charge in [-0.3, -0.25) is 10.1 Å². The molecule has 0 unspecified atom stereocenters. The molecule has 20 heavy (non-hydrogen) atoms. The number of rotatable bonds is 5. The number of benzene rings is 1. The molecule has 0 aliphatic rings. The van der Waals surface area contributed by atoms with Gasteiger partial charge in [-0.15, -0.1) is 10.2 Å². The van der Waals surface area contributed by atoms with Crippen LogP contribution in [0, 0.1) is 0 Å². The number of carbonyl (C=O) groups is 2. The van der Waals surface area contributed by atoms with Gasteiger partial charge in [-0.2, -0.15) is 0 Å². The van der Waals surface area contributed by atoms with Gasteiger partial charge in [0, 0.05) is 5.69 Å². The molecule has 0 fully saturated rings. The van der Waals surface area contributed by atoms with Crippen LogP contribution >= 0.6 is 23.1 Å². The monoisotopic (exact) mass is 309 g/mol. The molecule has 0 spiro atoms. The van der Waals surface area contributed by atoms with Gasteiger partial charge in [-0.05, 0) is 12.1 Å². The number of amides is 3. The Morgan fingerprint density at radius 1 is 1.25 bits per heavy atom. The maximum atomic E-state index is 11.2. The number of anilines is 2. The van der Waals surface area contributed by atoms with Crippen LogP contribution in [0.15, 0.2) is 34.7 Å². The number of nitrogens with zero attached hydrogens (tertiary/aromatic N) is 2. The smallest absolute Gasteiger partial charge is 0.318 e. The van der Waals surface area contributed by atoms with Crippen molar-refractivity contribution in [1.29, 1.82) is 0 Å². The lowest BCUT2D eigenvalue weighted by Crippen LogP contribution is -2.36. The summed E-state index contributed by atoms with van der Waals surface area (Å²) in [7, 11) is 0. The standard InChI is InChI=1S/C11H11N5O2S2/c12-9(18)14-8(17)6-19-11-16-15-10(20-11)13-7-4-2-1-3-5-7/h1-5H,6H2,(H,13,15)(H3,12,14,17,18). The van der Waals surface area contributed by atoms with Crippen molar-refractivity contribution in [2.24, 2.45) is 5.73 Å². The predicted octanol–water partition coefficient (Wildman–Crippen LogP) is 1.57. The summed E-state index contributed by atoms with van der Waals surface area (Å²) in [6, 6.07) is 8.70. The zero-order valence-corrected chi connectivity index (χ0v) is 11.8. The number of hydrogen-bond acceptors (Lipinski definition) is 7. The van der Waals surface area contributed by atoms with E-state index >= 15 is 0 Å². The van der Waals surface area contributed by atoms with E-state index in [1.54, 1.807) is 0 Å². The van der Waals surface area contributed by atoms with Crippen molar-refractivity contribution < 1.29 is 9.59 Å². The molecule has 4 N–H and O–H groups in total. The second-order valence-corrected chi connectivity index (χ2v) is 5.77. The fourth-order valence-electron chi connectivity index (χ4n) is 1.26. The lowest BCUT2D eigenvalue weighted by Gasteiger charge is -1.99. The molecule has 1 heterocycles. The minimum Gasteiger partial charge on any atom is -0.351 e. The first kappa shape index (κ1) is 14.3. The van der Waals surface area contributed by atoms with Crippen LogP contribution in [-0.4, -0.2) is 27.9 Å². The second-order valence-electron chi connectivity index (χ2n) is 3.57. The quantitative estimate of drug-likeness (QED) is 0.723. The first-order valence-corrected chi connectivity index (χ1v) is 7.31. The zero-order valence-electron chi connectivity index (χ0n) is 10.2. The number of carbonyl (C=O) groups excluding carboxylic acids is 2. The fourth-order valence-corrected chi connectivity index (χ4v) is 2.84. The summed E-state index contributed by atoms with van der Waals surface area (Å²) in [4.78, 5) is 21.7. The minimum atomic E-state index is -0.862. The lowest BCUT2D eigenvalue weighted by atomic mass is 10.3. The van der Waals surface area contributed by atoms with Crippen molar-refractivity contribution in [2.45, 2.75) is 4.34 Å². The maximum Gasteiger partial charge on any atom is 0.318 e. The van der Waals surface area contributed by atoms with E-state index in [4.69, 9.17) is 5.73 Å². The van der Waals surface area contributed by atoms with Gasteiger partial charge in [0.15, 0.2) is 4.34 Å². The number of primary amides is 1. The molecule has 1 aromatic heterocycles. The molecule has 0 bridgehead atoms. The number of para-hydroxylation sites is 1. The average Bonchev–Trinajstić information content (AvgIpc) is 2.84. The van der Waals surface area contributed by atoms with Crippen LogP contribution in [0.5, 0.6) is 0 Å². The number of hydrogen-bond donors (Lipinski definition) is 3. The predicted molar refractivity (Wildman–Crippen MR) is 78.1 cm³/mol. The molecule has 9 heteroatoms. The van der Waals surface area contributed by atoms with Crippen molar-refractivity contribution in [3.63, 3.8) is 0 Å². The Morgan fingerprint density at radius 3 is 2.70 bits per heavy atom. The summed E-state index contributed by atoms with van der Waals surface area (Å²) in [5.41, 5.74) is 5.75. The van der Waals surface area contributed by atoms with Crippen molar-refractivity contribution >= 4 is 45.9 Å². The van der Waals surface area contributed by atoms with Crippen molar-refractivity contribution in [2.75, 3.05) is 11.1 Å². The molecule has 104 valence electrons.